The van der Waals surface area contributed by atoms with Gasteiger partial charge in [0, 0.05) is 21.5 Å². The second-order valence-corrected chi connectivity index (χ2v) is 9.00. The minimum Gasteiger partial charge on any atom is -0.340 e. The second kappa shape index (κ2) is 12.6. The zero-order chi connectivity index (χ0) is 24.3. The highest BCUT2D eigenvalue weighted by atomic mass is 32.2. The van der Waals surface area contributed by atoms with E-state index >= 15 is 0 Å². The van der Waals surface area contributed by atoms with Crippen LogP contribution in [0.2, 0.25) is 0 Å². The van der Waals surface area contributed by atoms with Crippen molar-refractivity contribution < 1.29 is 0 Å². The summed E-state index contributed by atoms with van der Waals surface area (Å²) in [6.45, 7) is 0. The van der Waals surface area contributed by atoms with Gasteiger partial charge in [-0.1, -0.05) is 42.5 Å². The number of nitrogens with zero attached hydrogens (tertiary/aromatic N) is 4. The van der Waals surface area contributed by atoms with Gasteiger partial charge in [0.25, 0.3) is 0 Å². The van der Waals surface area contributed by atoms with Crippen molar-refractivity contribution in [1.29, 1.82) is 0 Å². The van der Waals surface area contributed by atoms with E-state index in [4.69, 9.17) is 0 Å². The third kappa shape index (κ3) is 7.59. The zero-order valence-corrected chi connectivity index (χ0v) is 21.0. The number of anilines is 4. The van der Waals surface area contributed by atoms with Gasteiger partial charge in [-0.15, -0.1) is 23.5 Å². The number of para-hydroxylation sites is 1. The maximum atomic E-state index is 4.53. The van der Waals surface area contributed by atoms with Gasteiger partial charge in [-0.3, -0.25) is 5.43 Å². The van der Waals surface area contributed by atoms with Crippen molar-refractivity contribution in [3.8, 4) is 0 Å². The summed E-state index contributed by atoms with van der Waals surface area (Å²) in [6.07, 6.45) is 7.58. The van der Waals surface area contributed by atoms with Crippen LogP contribution in [0.25, 0.3) is 0 Å². The van der Waals surface area contributed by atoms with E-state index in [1.807, 2.05) is 54.6 Å². The molecule has 0 saturated heterocycles. The quantitative estimate of drug-likeness (QED) is 0.129. The molecule has 0 spiro atoms. The highest BCUT2D eigenvalue weighted by molar-refractivity contribution is 7.98. The van der Waals surface area contributed by atoms with Crippen LogP contribution >= 0.6 is 23.5 Å². The van der Waals surface area contributed by atoms with Crippen molar-refractivity contribution in [3.05, 3.63) is 96.1 Å². The van der Waals surface area contributed by atoms with Crippen molar-refractivity contribution in [2.24, 2.45) is 10.2 Å². The first kappa shape index (κ1) is 24.3. The molecule has 0 aliphatic heterocycles. The van der Waals surface area contributed by atoms with E-state index < -0.39 is 0 Å². The minimum absolute atomic E-state index is 0.338. The molecule has 0 radical (unpaired) electrons. The van der Waals surface area contributed by atoms with Gasteiger partial charge in [0.2, 0.25) is 5.95 Å². The Bertz CT molecular complexity index is 1200. The van der Waals surface area contributed by atoms with E-state index in [0.29, 0.717) is 17.6 Å². The predicted octanol–water partition coefficient (Wildman–Crippen LogP) is 6.56. The summed E-state index contributed by atoms with van der Waals surface area (Å²) in [6, 6.07) is 27.9. The van der Waals surface area contributed by atoms with Crippen molar-refractivity contribution in [3.63, 3.8) is 0 Å². The van der Waals surface area contributed by atoms with Crippen LogP contribution in [0.15, 0.2) is 105 Å². The van der Waals surface area contributed by atoms with Crippen molar-refractivity contribution in [1.82, 2.24) is 9.97 Å². The number of hydrazone groups is 2. The number of aromatic nitrogens is 2. The highest BCUT2D eigenvalue weighted by Crippen LogP contribution is 2.20. The average molecular weight is 500 g/mol. The molecular weight excluding hydrogens is 474 g/mol. The van der Waals surface area contributed by atoms with Gasteiger partial charge in [-0.05, 0) is 60.0 Å². The molecule has 0 saturated carbocycles. The lowest BCUT2D eigenvalue weighted by atomic mass is 10.2. The molecule has 9 heteroatoms. The largest absolute Gasteiger partial charge is 0.340 e. The lowest BCUT2D eigenvalue weighted by molar-refractivity contribution is 1.10. The van der Waals surface area contributed by atoms with Gasteiger partial charge in [0.1, 0.15) is 5.82 Å². The van der Waals surface area contributed by atoms with Gasteiger partial charge >= 0.3 is 0 Å². The molecule has 0 fully saturated rings. The molecular formula is C26H25N7S2. The predicted molar refractivity (Wildman–Crippen MR) is 151 cm³/mol. The second-order valence-electron chi connectivity index (χ2n) is 7.24. The number of nitrogens with one attached hydrogen (secondary N) is 3. The van der Waals surface area contributed by atoms with Gasteiger partial charge in [-0.25, -0.2) is 5.43 Å². The van der Waals surface area contributed by atoms with Crippen LogP contribution in [0, 0.1) is 0 Å². The molecule has 3 aromatic carbocycles. The maximum Gasteiger partial charge on any atom is 0.247 e. The van der Waals surface area contributed by atoms with Crippen LogP contribution in [-0.4, -0.2) is 34.9 Å². The summed E-state index contributed by atoms with van der Waals surface area (Å²) in [5.74, 6) is 1.47. The Balaban J connectivity index is 1.49. The van der Waals surface area contributed by atoms with Crippen molar-refractivity contribution >= 4 is 59.2 Å². The van der Waals surface area contributed by atoms with Crippen LogP contribution in [0.4, 0.5) is 23.3 Å². The average Bonchev–Trinajstić information content (AvgIpc) is 2.90. The van der Waals surface area contributed by atoms with Crippen molar-refractivity contribution in [2.45, 2.75) is 9.79 Å². The Hall–Kier alpha value is -3.82. The first-order chi connectivity index (χ1) is 17.2. The SMILES string of the molecule is CSc1ccc(C=NNc2cc(Nc3ccccc3)nc(NN=Cc3ccc(SC)cc3)n2)cc1. The number of hydrogen-bond donors (Lipinski definition) is 3. The number of benzene rings is 3. The molecule has 0 atom stereocenters. The van der Waals surface area contributed by atoms with Gasteiger partial charge in [-0.2, -0.15) is 20.2 Å². The summed E-state index contributed by atoms with van der Waals surface area (Å²) >= 11 is 3.41. The number of rotatable bonds is 10. The first-order valence-corrected chi connectivity index (χ1v) is 13.2. The van der Waals surface area contributed by atoms with Crippen LogP contribution in [0.3, 0.4) is 0 Å². The third-order valence-electron chi connectivity index (χ3n) is 4.77. The number of thioether (sulfide) groups is 2. The van der Waals surface area contributed by atoms with E-state index in [2.05, 4.69) is 73.1 Å². The van der Waals surface area contributed by atoms with Crippen LogP contribution < -0.4 is 16.2 Å². The van der Waals surface area contributed by atoms with E-state index in [-0.39, 0.29) is 0 Å². The molecule has 0 aliphatic rings. The molecule has 0 amide bonds. The Morgan fingerprint density at radius 1 is 0.657 bits per heavy atom. The fourth-order valence-electron chi connectivity index (χ4n) is 3.01. The standard InChI is InChI=1S/C26H25N7S2/c1-34-22-12-8-19(9-13-22)17-27-32-25-16-24(29-21-6-4-3-5-7-21)30-26(31-25)33-28-18-20-10-14-23(35-2)15-11-20/h3-18H,1-2H3,(H3,29,30,31,32,33). The fourth-order valence-corrected chi connectivity index (χ4v) is 3.82. The summed E-state index contributed by atoms with van der Waals surface area (Å²) in [5.41, 5.74) is 8.78. The van der Waals surface area contributed by atoms with Crippen molar-refractivity contribution in [2.75, 3.05) is 28.7 Å². The molecule has 0 bridgehead atoms. The van der Waals surface area contributed by atoms with Gasteiger partial charge in [0.15, 0.2) is 5.82 Å². The molecule has 3 N–H and O–H groups in total. The van der Waals surface area contributed by atoms with Gasteiger partial charge in [0.05, 0.1) is 12.4 Å². The molecule has 0 aliphatic carbocycles. The summed E-state index contributed by atoms with van der Waals surface area (Å²) < 4.78 is 0. The van der Waals surface area contributed by atoms with Crippen LogP contribution in [-0.2, 0) is 0 Å². The summed E-state index contributed by atoms with van der Waals surface area (Å²) in [7, 11) is 0. The summed E-state index contributed by atoms with van der Waals surface area (Å²) in [4.78, 5) is 11.4. The number of hydrogen-bond acceptors (Lipinski definition) is 9. The smallest absolute Gasteiger partial charge is 0.247 e. The Kier molecular flexibility index (Phi) is 8.74. The topological polar surface area (TPSA) is 86.6 Å². The normalized spacial score (nSPS) is 11.1. The third-order valence-corrected chi connectivity index (χ3v) is 6.26. The maximum absolute atomic E-state index is 4.53. The van der Waals surface area contributed by atoms with Gasteiger partial charge < -0.3 is 5.32 Å². The van der Waals surface area contributed by atoms with Crippen LogP contribution in [0.1, 0.15) is 11.1 Å². The fraction of sp³-hybridized carbons (Fsp3) is 0.0769. The molecule has 7 nitrogen and oxygen atoms in total. The lowest BCUT2D eigenvalue weighted by Crippen LogP contribution is -2.04. The molecule has 4 rings (SSSR count). The Labute approximate surface area is 213 Å². The molecule has 4 aromatic rings. The molecule has 1 heterocycles. The van der Waals surface area contributed by atoms with E-state index in [1.54, 1.807) is 42.0 Å². The molecule has 1 aromatic heterocycles. The molecule has 176 valence electrons. The molecule has 0 unspecified atom stereocenters. The lowest BCUT2D eigenvalue weighted by Gasteiger charge is -2.09. The highest BCUT2D eigenvalue weighted by Gasteiger charge is 2.05. The van der Waals surface area contributed by atoms with Crippen LogP contribution in [0.5, 0.6) is 0 Å². The molecule has 35 heavy (non-hydrogen) atoms. The first-order valence-electron chi connectivity index (χ1n) is 10.8. The Morgan fingerprint density at radius 3 is 1.77 bits per heavy atom. The monoisotopic (exact) mass is 499 g/mol. The van der Waals surface area contributed by atoms with E-state index in [0.717, 1.165) is 16.8 Å². The Morgan fingerprint density at radius 2 is 1.20 bits per heavy atom. The van der Waals surface area contributed by atoms with E-state index in [1.165, 1.54) is 9.79 Å². The summed E-state index contributed by atoms with van der Waals surface area (Å²) in [5, 5.41) is 11.9. The zero-order valence-electron chi connectivity index (χ0n) is 19.3. The van der Waals surface area contributed by atoms with E-state index in [9.17, 15) is 0 Å². The minimum atomic E-state index is 0.338.